The Morgan fingerprint density at radius 3 is 2.78 bits per heavy atom. The average Bonchev–Trinajstić information content (AvgIpc) is 2.38. The van der Waals surface area contributed by atoms with Crippen molar-refractivity contribution in [2.45, 2.75) is 11.8 Å². The third kappa shape index (κ3) is 4.34. The third-order valence-corrected chi connectivity index (χ3v) is 3.21. The van der Waals surface area contributed by atoms with Crippen LogP contribution in [-0.4, -0.2) is 40.9 Å². The van der Waals surface area contributed by atoms with E-state index in [1.165, 1.54) is 25.1 Å². The molecule has 0 aliphatic carbocycles. The summed E-state index contributed by atoms with van der Waals surface area (Å²) < 4.78 is 4.55. The summed E-state index contributed by atoms with van der Waals surface area (Å²) in [6, 6.07) is 2.45. The number of methoxy groups -OCH3 is 1. The first kappa shape index (κ1) is 14.5. The molecule has 7 heteroatoms. The SMILES string of the molecule is COC(=O)c1ccc(CSCC(N)C(=O)O)nc1. The summed E-state index contributed by atoms with van der Waals surface area (Å²) in [6.07, 6.45) is 1.43. The van der Waals surface area contributed by atoms with Crippen molar-refractivity contribution in [2.24, 2.45) is 5.73 Å². The number of thioether (sulfide) groups is 1. The standard InChI is InChI=1S/C11H14N2O4S/c1-17-11(16)7-2-3-8(13-4-7)5-18-6-9(12)10(14)15/h2-4,9H,5-6,12H2,1H3,(H,14,15). The summed E-state index contributed by atoms with van der Waals surface area (Å²) in [6.45, 7) is 0. The second-order valence-electron chi connectivity index (χ2n) is 3.49. The number of rotatable bonds is 6. The Morgan fingerprint density at radius 1 is 1.56 bits per heavy atom. The fourth-order valence-electron chi connectivity index (χ4n) is 1.11. The van der Waals surface area contributed by atoms with Crippen molar-refractivity contribution in [3.05, 3.63) is 29.6 Å². The molecule has 1 atom stereocenters. The van der Waals surface area contributed by atoms with Gasteiger partial charge in [0.05, 0.1) is 18.4 Å². The molecule has 0 spiro atoms. The third-order valence-electron chi connectivity index (χ3n) is 2.11. The van der Waals surface area contributed by atoms with Crippen molar-refractivity contribution in [3.8, 4) is 0 Å². The van der Waals surface area contributed by atoms with Gasteiger partial charge in [-0.05, 0) is 12.1 Å². The average molecular weight is 270 g/mol. The van der Waals surface area contributed by atoms with E-state index >= 15 is 0 Å². The molecule has 1 aromatic rings. The number of hydrogen-bond donors (Lipinski definition) is 2. The van der Waals surface area contributed by atoms with Gasteiger partial charge < -0.3 is 15.6 Å². The van der Waals surface area contributed by atoms with Crippen LogP contribution < -0.4 is 5.73 Å². The lowest BCUT2D eigenvalue weighted by molar-refractivity contribution is -0.137. The molecule has 1 heterocycles. The lowest BCUT2D eigenvalue weighted by Crippen LogP contribution is -2.32. The summed E-state index contributed by atoms with van der Waals surface area (Å²) in [7, 11) is 1.30. The quantitative estimate of drug-likeness (QED) is 0.726. The van der Waals surface area contributed by atoms with Crippen LogP contribution in [0, 0.1) is 0 Å². The number of nitrogens with zero attached hydrogens (tertiary/aromatic N) is 1. The first-order valence-corrected chi connectivity index (χ1v) is 6.29. The Hall–Kier alpha value is -1.60. The Morgan fingerprint density at radius 2 is 2.28 bits per heavy atom. The first-order chi connectivity index (χ1) is 8.54. The van der Waals surface area contributed by atoms with Crippen molar-refractivity contribution >= 4 is 23.7 Å². The lowest BCUT2D eigenvalue weighted by Gasteiger charge is -2.05. The number of aliphatic carboxylic acids is 1. The second kappa shape index (κ2) is 6.97. The van der Waals surface area contributed by atoms with Gasteiger partial charge in [0.1, 0.15) is 6.04 Å². The van der Waals surface area contributed by atoms with E-state index in [9.17, 15) is 9.59 Å². The largest absolute Gasteiger partial charge is 0.480 e. The van der Waals surface area contributed by atoms with Crippen LogP contribution in [0.5, 0.6) is 0 Å². The summed E-state index contributed by atoms with van der Waals surface area (Å²) in [4.78, 5) is 25.7. The van der Waals surface area contributed by atoms with E-state index in [1.54, 1.807) is 12.1 Å². The Bertz CT molecular complexity index is 422. The molecule has 0 fully saturated rings. The summed E-state index contributed by atoms with van der Waals surface area (Å²) in [5.41, 5.74) is 6.50. The minimum Gasteiger partial charge on any atom is -0.480 e. The molecule has 18 heavy (non-hydrogen) atoms. The maximum atomic E-state index is 11.2. The van der Waals surface area contributed by atoms with Crippen LogP contribution in [0.3, 0.4) is 0 Å². The number of esters is 1. The number of carbonyl (C=O) groups is 2. The van der Waals surface area contributed by atoms with Gasteiger partial charge in [0.2, 0.25) is 0 Å². The normalized spacial score (nSPS) is 11.9. The van der Waals surface area contributed by atoms with Crippen LogP contribution >= 0.6 is 11.8 Å². The first-order valence-electron chi connectivity index (χ1n) is 5.14. The topological polar surface area (TPSA) is 103 Å². The molecule has 98 valence electrons. The number of ether oxygens (including phenoxy) is 1. The molecule has 6 nitrogen and oxygen atoms in total. The highest BCUT2D eigenvalue weighted by atomic mass is 32.2. The van der Waals surface area contributed by atoms with E-state index < -0.39 is 18.0 Å². The van der Waals surface area contributed by atoms with Crippen LogP contribution in [-0.2, 0) is 15.3 Å². The molecule has 0 aromatic carbocycles. The predicted octanol–water partition coefficient (Wildman–Crippen LogP) is 0.513. The number of pyridine rings is 1. The molecule has 1 aromatic heterocycles. The maximum absolute atomic E-state index is 11.2. The number of nitrogens with two attached hydrogens (primary N) is 1. The Labute approximate surface area is 109 Å². The molecular weight excluding hydrogens is 256 g/mol. The molecule has 3 N–H and O–H groups in total. The minimum atomic E-state index is -1.02. The van der Waals surface area contributed by atoms with E-state index in [0.717, 1.165) is 5.69 Å². The van der Waals surface area contributed by atoms with E-state index in [0.29, 0.717) is 17.1 Å². The fourth-order valence-corrected chi connectivity index (χ4v) is 2.00. The maximum Gasteiger partial charge on any atom is 0.339 e. The lowest BCUT2D eigenvalue weighted by atomic mass is 10.2. The van der Waals surface area contributed by atoms with Crippen molar-refractivity contribution in [1.82, 2.24) is 4.98 Å². The van der Waals surface area contributed by atoms with E-state index in [1.807, 2.05) is 0 Å². The van der Waals surface area contributed by atoms with Gasteiger partial charge in [-0.15, -0.1) is 0 Å². The van der Waals surface area contributed by atoms with Gasteiger partial charge in [0, 0.05) is 17.7 Å². The number of hydrogen-bond acceptors (Lipinski definition) is 6. The molecule has 0 amide bonds. The number of aromatic nitrogens is 1. The van der Waals surface area contributed by atoms with Gasteiger partial charge in [0.25, 0.3) is 0 Å². The Balaban J connectivity index is 2.44. The molecule has 0 radical (unpaired) electrons. The van der Waals surface area contributed by atoms with Crippen LogP contribution in [0.2, 0.25) is 0 Å². The van der Waals surface area contributed by atoms with E-state index in [4.69, 9.17) is 10.8 Å². The van der Waals surface area contributed by atoms with Crippen LogP contribution in [0.1, 0.15) is 16.1 Å². The highest BCUT2D eigenvalue weighted by Crippen LogP contribution is 2.11. The molecule has 0 saturated carbocycles. The minimum absolute atomic E-state index is 0.315. The van der Waals surface area contributed by atoms with Gasteiger partial charge in [-0.1, -0.05) is 0 Å². The van der Waals surface area contributed by atoms with E-state index in [2.05, 4.69) is 9.72 Å². The highest BCUT2D eigenvalue weighted by Gasteiger charge is 2.11. The molecular formula is C11H14N2O4S. The zero-order valence-electron chi connectivity index (χ0n) is 9.83. The fraction of sp³-hybridized carbons (Fsp3) is 0.364. The van der Waals surface area contributed by atoms with Crippen LogP contribution in [0.25, 0.3) is 0 Å². The van der Waals surface area contributed by atoms with Crippen molar-refractivity contribution in [1.29, 1.82) is 0 Å². The molecule has 0 saturated heterocycles. The van der Waals surface area contributed by atoms with Gasteiger partial charge >= 0.3 is 11.9 Å². The van der Waals surface area contributed by atoms with Crippen molar-refractivity contribution < 1.29 is 19.4 Å². The molecule has 0 aliphatic heterocycles. The smallest absolute Gasteiger partial charge is 0.339 e. The molecule has 0 aliphatic rings. The second-order valence-corrected chi connectivity index (χ2v) is 4.52. The molecule has 1 unspecified atom stereocenters. The number of carboxylic acid groups (broad SMARTS) is 1. The summed E-state index contributed by atoms with van der Waals surface area (Å²) in [5.74, 6) is -0.593. The van der Waals surface area contributed by atoms with Gasteiger partial charge in [-0.2, -0.15) is 11.8 Å². The predicted molar refractivity (Wildman–Crippen MR) is 67.3 cm³/mol. The van der Waals surface area contributed by atoms with Crippen LogP contribution in [0.4, 0.5) is 0 Å². The number of carboxylic acids is 1. The molecule has 0 bridgehead atoms. The summed E-state index contributed by atoms with van der Waals surface area (Å²) >= 11 is 1.38. The molecule has 1 rings (SSSR count). The van der Waals surface area contributed by atoms with Crippen LogP contribution in [0.15, 0.2) is 18.3 Å². The van der Waals surface area contributed by atoms with Gasteiger partial charge in [-0.3, -0.25) is 9.78 Å². The van der Waals surface area contributed by atoms with E-state index in [-0.39, 0.29) is 0 Å². The zero-order valence-corrected chi connectivity index (χ0v) is 10.6. The number of carbonyl (C=O) groups excluding carboxylic acids is 1. The highest BCUT2D eigenvalue weighted by molar-refractivity contribution is 7.98. The van der Waals surface area contributed by atoms with Crippen molar-refractivity contribution in [3.63, 3.8) is 0 Å². The zero-order chi connectivity index (χ0) is 13.5. The van der Waals surface area contributed by atoms with Gasteiger partial charge in [-0.25, -0.2) is 4.79 Å². The van der Waals surface area contributed by atoms with Gasteiger partial charge in [0.15, 0.2) is 0 Å². The summed E-state index contributed by atoms with van der Waals surface area (Å²) in [5, 5.41) is 8.60. The Kier molecular flexibility index (Phi) is 5.60. The van der Waals surface area contributed by atoms with Crippen molar-refractivity contribution in [2.75, 3.05) is 12.9 Å². The monoisotopic (exact) mass is 270 g/mol.